The number of fused-ring (bicyclic) bond motifs is 1. The van der Waals surface area contributed by atoms with Crippen LogP contribution >= 0.6 is 0 Å². The fraction of sp³-hybridized carbons (Fsp3) is 0.385. The number of hydrogen-bond donors (Lipinski definition) is 2. The molecular formula is C13H15N3O2. The second-order valence-electron chi connectivity index (χ2n) is 4.87. The molecule has 1 aliphatic carbocycles. The highest BCUT2D eigenvalue weighted by molar-refractivity contribution is 5.89. The molecule has 1 aromatic carbocycles. The number of carbonyl (C=O) groups excluding carboxylic acids is 1. The molecule has 1 aromatic heterocycles. The number of nitrogens with zero attached hydrogens (tertiary/aromatic N) is 1. The summed E-state index contributed by atoms with van der Waals surface area (Å²) in [4.78, 5) is 16.0. The zero-order valence-corrected chi connectivity index (χ0v) is 10.2. The number of oxazole rings is 1. The summed E-state index contributed by atoms with van der Waals surface area (Å²) in [6, 6.07) is 5.71. The van der Waals surface area contributed by atoms with Crippen molar-refractivity contribution in [1.29, 1.82) is 0 Å². The van der Waals surface area contributed by atoms with Crippen LogP contribution in [-0.4, -0.2) is 16.4 Å². The first-order valence-electron chi connectivity index (χ1n) is 6.00. The Morgan fingerprint density at radius 3 is 3.06 bits per heavy atom. The van der Waals surface area contributed by atoms with Gasteiger partial charge in [0.25, 0.3) is 0 Å². The monoisotopic (exact) mass is 245 g/mol. The van der Waals surface area contributed by atoms with Crippen LogP contribution in [0.5, 0.6) is 0 Å². The summed E-state index contributed by atoms with van der Waals surface area (Å²) in [6.45, 7) is 2.28. The van der Waals surface area contributed by atoms with Crippen molar-refractivity contribution in [3.8, 4) is 0 Å². The summed E-state index contributed by atoms with van der Waals surface area (Å²) >= 11 is 0. The van der Waals surface area contributed by atoms with Gasteiger partial charge in [-0.1, -0.05) is 6.07 Å². The van der Waals surface area contributed by atoms with Crippen LogP contribution in [0, 0.1) is 6.92 Å². The van der Waals surface area contributed by atoms with Gasteiger partial charge in [0.15, 0.2) is 11.5 Å². The molecule has 1 fully saturated rings. The highest BCUT2D eigenvalue weighted by Gasteiger charge is 2.45. The molecule has 3 rings (SSSR count). The highest BCUT2D eigenvalue weighted by atomic mass is 16.3. The molecule has 0 saturated heterocycles. The van der Waals surface area contributed by atoms with Gasteiger partial charge in [-0.25, -0.2) is 4.98 Å². The number of carbonyl (C=O) groups is 1. The number of nitrogens with two attached hydrogens (primary N) is 1. The average Bonchev–Trinajstić information content (AvgIpc) is 2.98. The van der Waals surface area contributed by atoms with E-state index in [0.29, 0.717) is 12.4 Å². The summed E-state index contributed by atoms with van der Waals surface area (Å²) in [6.07, 6.45) is 1.56. The standard InChI is InChI=1S/C13H15N3O2/c1-8-16-10-6-9(2-3-11(10)18-8)7-15-12(17)13(14)4-5-13/h2-3,6H,4-5,7,14H2,1H3,(H,15,17). The van der Waals surface area contributed by atoms with Crippen LogP contribution in [0.3, 0.4) is 0 Å². The highest BCUT2D eigenvalue weighted by Crippen LogP contribution is 2.32. The molecule has 5 nitrogen and oxygen atoms in total. The molecule has 18 heavy (non-hydrogen) atoms. The van der Waals surface area contributed by atoms with Crippen LogP contribution in [-0.2, 0) is 11.3 Å². The molecule has 0 spiro atoms. The van der Waals surface area contributed by atoms with Crippen LogP contribution in [0.15, 0.2) is 22.6 Å². The number of aromatic nitrogens is 1. The van der Waals surface area contributed by atoms with Gasteiger partial charge in [-0.05, 0) is 30.5 Å². The van der Waals surface area contributed by atoms with E-state index in [0.717, 1.165) is 29.5 Å². The van der Waals surface area contributed by atoms with Gasteiger partial charge in [-0.15, -0.1) is 0 Å². The maximum atomic E-state index is 11.7. The molecule has 0 bridgehead atoms. The molecule has 0 radical (unpaired) electrons. The van der Waals surface area contributed by atoms with Gasteiger partial charge < -0.3 is 15.5 Å². The SMILES string of the molecule is Cc1nc2cc(CNC(=O)C3(N)CC3)ccc2o1. The minimum atomic E-state index is -0.616. The first kappa shape index (κ1) is 11.2. The predicted molar refractivity (Wildman–Crippen MR) is 66.7 cm³/mol. The lowest BCUT2D eigenvalue weighted by atomic mass is 10.2. The summed E-state index contributed by atoms with van der Waals surface area (Å²) in [5, 5.41) is 2.85. The minimum absolute atomic E-state index is 0.0704. The van der Waals surface area contributed by atoms with Gasteiger partial charge in [0.1, 0.15) is 5.52 Å². The summed E-state index contributed by atoms with van der Waals surface area (Å²) in [7, 11) is 0. The van der Waals surface area contributed by atoms with Crippen molar-refractivity contribution in [2.24, 2.45) is 5.73 Å². The van der Waals surface area contributed by atoms with Crippen LogP contribution < -0.4 is 11.1 Å². The number of aryl methyl sites for hydroxylation is 1. The molecule has 1 saturated carbocycles. The molecule has 2 aromatic rings. The first-order valence-corrected chi connectivity index (χ1v) is 6.00. The zero-order chi connectivity index (χ0) is 12.8. The van der Waals surface area contributed by atoms with Crippen molar-refractivity contribution in [2.75, 3.05) is 0 Å². The number of rotatable bonds is 3. The van der Waals surface area contributed by atoms with Gasteiger partial charge >= 0.3 is 0 Å². The molecule has 94 valence electrons. The Morgan fingerprint density at radius 1 is 1.56 bits per heavy atom. The van der Waals surface area contributed by atoms with E-state index in [1.54, 1.807) is 0 Å². The lowest BCUT2D eigenvalue weighted by Crippen LogP contribution is -2.42. The fourth-order valence-corrected chi connectivity index (χ4v) is 1.92. The van der Waals surface area contributed by atoms with Gasteiger partial charge in [-0.3, -0.25) is 4.79 Å². The first-order chi connectivity index (χ1) is 8.57. The molecule has 3 N–H and O–H groups in total. The fourth-order valence-electron chi connectivity index (χ4n) is 1.92. The van der Waals surface area contributed by atoms with Gasteiger partial charge in [-0.2, -0.15) is 0 Å². The lowest BCUT2D eigenvalue weighted by molar-refractivity contribution is -0.123. The maximum Gasteiger partial charge on any atom is 0.240 e. The Kier molecular flexibility index (Phi) is 2.38. The number of amides is 1. The third-order valence-electron chi connectivity index (χ3n) is 3.25. The molecule has 0 atom stereocenters. The number of nitrogens with one attached hydrogen (secondary N) is 1. The Labute approximate surface area is 104 Å². The third-order valence-corrected chi connectivity index (χ3v) is 3.25. The van der Waals surface area contributed by atoms with E-state index in [1.807, 2.05) is 25.1 Å². The summed E-state index contributed by atoms with van der Waals surface area (Å²) in [5.41, 5.74) is 7.76. The Bertz CT molecular complexity index is 614. The molecule has 1 heterocycles. The van der Waals surface area contributed by atoms with E-state index >= 15 is 0 Å². The quantitative estimate of drug-likeness (QED) is 0.852. The predicted octanol–water partition coefficient (Wildman–Crippen LogP) is 1.24. The van der Waals surface area contributed by atoms with Crippen LogP contribution in [0.25, 0.3) is 11.1 Å². The molecule has 0 aliphatic heterocycles. The number of benzene rings is 1. The molecule has 5 heteroatoms. The normalized spacial score (nSPS) is 16.8. The van der Waals surface area contributed by atoms with Crippen molar-refractivity contribution >= 4 is 17.0 Å². The maximum absolute atomic E-state index is 11.7. The molecule has 1 amide bonds. The summed E-state index contributed by atoms with van der Waals surface area (Å²) in [5.74, 6) is 0.573. The van der Waals surface area contributed by atoms with Crippen LogP contribution in [0.4, 0.5) is 0 Å². The minimum Gasteiger partial charge on any atom is -0.441 e. The third kappa shape index (κ3) is 1.97. The molecule has 0 unspecified atom stereocenters. The number of hydrogen-bond acceptors (Lipinski definition) is 4. The van der Waals surface area contributed by atoms with Crippen molar-refractivity contribution in [3.05, 3.63) is 29.7 Å². The van der Waals surface area contributed by atoms with Crippen LogP contribution in [0.2, 0.25) is 0 Å². The zero-order valence-electron chi connectivity index (χ0n) is 10.2. The topological polar surface area (TPSA) is 81.2 Å². The summed E-state index contributed by atoms with van der Waals surface area (Å²) < 4.78 is 5.39. The Balaban J connectivity index is 1.72. The van der Waals surface area contributed by atoms with Gasteiger partial charge in [0, 0.05) is 13.5 Å². The second-order valence-corrected chi connectivity index (χ2v) is 4.87. The van der Waals surface area contributed by atoms with E-state index in [9.17, 15) is 4.79 Å². The molecular weight excluding hydrogens is 230 g/mol. The van der Waals surface area contributed by atoms with Crippen molar-refractivity contribution in [2.45, 2.75) is 31.8 Å². The van der Waals surface area contributed by atoms with Gasteiger partial charge in [0.2, 0.25) is 5.91 Å². The van der Waals surface area contributed by atoms with Gasteiger partial charge in [0.05, 0.1) is 5.54 Å². The van der Waals surface area contributed by atoms with E-state index in [1.165, 1.54) is 0 Å². The van der Waals surface area contributed by atoms with E-state index in [-0.39, 0.29) is 5.91 Å². The molecule has 1 aliphatic rings. The largest absolute Gasteiger partial charge is 0.441 e. The Morgan fingerprint density at radius 2 is 2.33 bits per heavy atom. The van der Waals surface area contributed by atoms with E-state index in [2.05, 4.69) is 10.3 Å². The van der Waals surface area contributed by atoms with Crippen molar-refractivity contribution in [3.63, 3.8) is 0 Å². The lowest BCUT2D eigenvalue weighted by Gasteiger charge is -2.09. The van der Waals surface area contributed by atoms with Crippen molar-refractivity contribution < 1.29 is 9.21 Å². The Hall–Kier alpha value is -1.88. The van der Waals surface area contributed by atoms with E-state index < -0.39 is 5.54 Å². The van der Waals surface area contributed by atoms with E-state index in [4.69, 9.17) is 10.2 Å². The average molecular weight is 245 g/mol. The smallest absolute Gasteiger partial charge is 0.240 e. The second kappa shape index (κ2) is 3.81. The van der Waals surface area contributed by atoms with Crippen molar-refractivity contribution in [1.82, 2.24) is 10.3 Å². The van der Waals surface area contributed by atoms with Crippen LogP contribution in [0.1, 0.15) is 24.3 Å².